The van der Waals surface area contributed by atoms with Crippen LogP contribution in [0.5, 0.6) is 0 Å². The van der Waals surface area contributed by atoms with Gasteiger partial charge >= 0.3 is 0 Å². The van der Waals surface area contributed by atoms with Gasteiger partial charge in [0.15, 0.2) is 0 Å². The van der Waals surface area contributed by atoms with E-state index in [9.17, 15) is 9.59 Å². The maximum atomic E-state index is 13.9. The van der Waals surface area contributed by atoms with Gasteiger partial charge in [-0.05, 0) is 56.9 Å². The zero-order valence-electron chi connectivity index (χ0n) is 19.1. The molecule has 0 bridgehead atoms. The fourth-order valence-corrected chi connectivity index (χ4v) is 6.05. The fourth-order valence-electron chi connectivity index (χ4n) is 6.05. The summed E-state index contributed by atoms with van der Waals surface area (Å²) in [5, 5.41) is 3.37. The van der Waals surface area contributed by atoms with Gasteiger partial charge in [-0.25, -0.2) is 0 Å². The molecule has 6 nitrogen and oxygen atoms in total. The monoisotopic (exact) mass is 437 g/mol. The Morgan fingerprint density at radius 3 is 2.31 bits per heavy atom. The van der Waals surface area contributed by atoms with Gasteiger partial charge in [-0.2, -0.15) is 0 Å². The van der Waals surface area contributed by atoms with Crippen LogP contribution in [0.4, 0.5) is 0 Å². The number of nitrogens with zero attached hydrogens (tertiary/aromatic N) is 2. The second-order valence-corrected chi connectivity index (χ2v) is 10.1. The number of nitrogens with one attached hydrogen (secondary N) is 1. The van der Waals surface area contributed by atoms with Gasteiger partial charge in [-0.3, -0.25) is 9.59 Å². The van der Waals surface area contributed by atoms with E-state index < -0.39 is 5.54 Å². The van der Waals surface area contributed by atoms with Crippen LogP contribution >= 0.6 is 0 Å². The number of hydrogen-bond donors (Lipinski definition) is 1. The van der Waals surface area contributed by atoms with Crippen LogP contribution in [0.2, 0.25) is 0 Å². The molecule has 0 spiro atoms. The highest BCUT2D eigenvalue weighted by atomic mass is 16.3. The summed E-state index contributed by atoms with van der Waals surface area (Å²) in [6.07, 6.45) is 13.9. The van der Waals surface area contributed by atoms with Gasteiger partial charge in [0.05, 0.1) is 18.5 Å². The summed E-state index contributed by atoms with van der Waals surface area (Å²) >= 11 is 0. The molecular formula is C26H35N3O3. The lowest BCUT2D eigenvalue weighted by Gasteiger charge is -2.49. The molecule has 3 aliphatic rings. The van der Waals surface area contributed by atoms with Crippen molar-refractivity contribution in [2.75, 3.05) is 0 Å². The molecule has 2 aromatic rings. The third kappa shape index (κ3) is 3.78. The summed E-state index contributed by atoms with van der Waals surface area (Å²) in [4.78, 5) is 29.7. The van der Waals surface area contributed by atoms with E-state index >= 15 is 0 Å². The molecular weight excluding hydrogens is 402 g/mol. The average molecular weight is 438 g/mol. The zero-order valence-corrected chi connectivity index (χ0v) is 19.1. The van der Waals surface area contributed by atoms with E-state index in [1.807, 2.05) is 40.7 Å². The summed E-state index contributed by atoms with van der Waals surface area (Å²) in [5.74, 6) is 0.689. The Labute approximate surface area is 190 Å². The van der Waals surface area contributed by atoms with Gasteiger partial charge in [0.25, 0.3) is 5.91 Å². The van der Waals surface area contributed by atoms with Gasteiger partial charge < -0.3 is 19.2 Å². The summed E-state index contributed by atoms with van der Waals surface area (Å²) in [6.45, 7) is 2.42. The van der Waals surface area contributed by atoms with E-state index in [2.05, 4.69) is 5.32 Å². The highest BCUT2D eigenvalue weighted by molar-refractivity contribution is 6.00. The molecule has 0 saturated heterocycles. The van der Waals surface area contributed by atoms with Crippen LogP contribution in [0.25, 0.3) is 11.5 Å². The maximum Gasteiger partial charge on any atom is 0.271 e. The van der Waals surface area contributed by atoms with E-state index in [-0.39, 0.29) is 23.9 Å². The van der Waals surface area contributed by atoms with E-state index in [1.165, 1.54) is 19.3 Å². The molecule has 2 saturated carbocycles. The minimum absolute atomic E-state index is 0.00642. The fraction of sp³-hybridized carbons (Fsp3) is 0.615. The van der Waals surface area contributed by atoms with Crippen molar-refractivity contribution in [3.8, 4) is 11.5 Å². The molecule has 1 atom stereocenters. The Bertz CT molecular complexity index is 949. The third-order valence-electron chi connectivity index (χ3n) is 7.81. The molecule has 0 aromatic carbocycles. The van der Waals surface area contributed by atoms with Crippen molar-refractivity contribution >= 4 is 11.8 Å². The molecule has 172 valence electrons. The van der Waals surface area contributed by atoms with Crippen molar-refractivity contribution in [3.63, 3.8) is 0 Å². The summed E-state index contributed by atoms with van der Waals surface area (Å²) in [6, 6.07) is 7.92. The van der Waals surface area contributed by atoms with Gasteiger partial charge in [0, 0.05) is 12.1 Å². The molecule has 2 aromatic heterocycles. The van der Waals surface area contributed by atoms with Crippen LogP contribution in [-0.2, 0) is 11.3 Å². The highest BCUT2D eigenvalue weighted by Gasteiger charge is 2.51. The smallest absolute Gasteiger partial charge is 0.271 e. The second kappa shape index (κ2) is 8.80. The van der Waals surface area contributed by atoms with Gasteiger partial charge in [-0.15, -0.1) is 0 Å². The Morgan fingerprint density at radius 1 is 0.969 bits per heavy atom. The van der Waals surface area contributed by atoms with Crippen molar-refractivity contribution in [2.24, 2.45) is 0 Å². The van der Waals surface area contributed by atoms with Crippen LogP contribution in [0.3, 0.4) is 0 Å². The Kier molecular flexibility index (Phi) is 5.87. The van der Waals surface area contributed by atoms with E-state index in [1.54, 1.807) is 6.26 Å². The topological polar surface area (TPSA) is 67.5 Å². The lowest BCUT2D eigenvalue weighted by molar-refractivity contribution is -0.135. The first kappa shape index (κ1) is 21.4. The first-order valence-electron chi connectivity index (χ1n) is 12.5. The molecule has 5 rings (SSSR count). The number of furan rings is 1. The molecule has 2 aliphatic carbocycles. The molecule has 2 amide bonds. The van der Waals surface area contributed by atoms with Crippen molar-refractivity contribution in [3.05, 3.63) is 36.2 Å². The number of hydrogen-bond acceptors (Lipinski definition) is 3. The van der Waals surface area contributed by atoms with Crippen LogP contribution in [0.15, 0.2) is 34.9 Å². The lowest BCUT2D eigenvalue weighted by atomic mass is 9.86. The number of carbonyl (C=O) groups excluding carboxylic acids is 2. The number of amides is 2. The highest BCUT2D eigenvalue weighted by Crippen LogP contribution is 2.38. The predicted molar refractivity (Wildman–Crippen MR) is 123 cm³/mol. The normalized spacial score (nSPS) is 25.4. The summed E-state index contributed by atoms with van der Waals surface area (Å²) in [7, 11) is 0. The van der Waals surface area contributed by atoms with Gasteiger partial charge in [0.2, 0.25) is 5.91 Å². The molecule has 2 fully saturated rings. The molecule has 32 heavy (non-hydrogen) atoms. The largest absolute Gasteiger partial charge is 0.463 e. The molecule has 0 unspecified atom stereocenters. The predicted octanol–water partition coefficient (Wildman–Crippen LogP) is 5.13. The van der Waals surface area contributed by atoms with Crippen LogP contribution in [-0.4, -0.2) is 38.9 Å². The van der Waals surface area contributed by atoms with Crippen molar-refractivity contribution in [1.82, 2.24) is 14.8 Å². The van der Waals surface area contributed by atoms with Crippen LogP contribution in [0, 0.1) is 0 Å². The molecule has 3 heterocycles. The standard InChI is InChI=1S/C26H35N3O3/c1-26(25(31)27-19-10-5-2-3-6-11-19)18-28-21(23-14-9-17-32-23)15-16-22(28)24(30)29(26)20-12-7-4-8-13-20/h9,14-17,19-20H,2-8,10-13,18H2,1H3,(H,27,31)/t26-/m1/s1. The van der Waals surface area contributed by atoms with Crippen LogP contribution < -0.4 is 5.32 Å². The van der Waals surface area contributed by atoms with Crippen LogP contribution in [0.1, 0.15) is 88.0 Å². The number of fused-ring (bicyclic) bond motifs is 1. The number of rotatable bonds is 4. The first-order valence-corrected chi connectivity index (χ1v) is 12.5. The number of aromatic nitrogens is 1. The van der Waals surface area contributed by atoms with Gasteiger partial charge in [-0.1, -0.05) is 44.9 Å². The zero-order chi connectivity index (χ0) is 22.1. The third-order valence-corrected chi connectivity index (χ3v) is 7.81. The second-order valence-electron chi connectivity index (χ2n) is 10.1. The molecule has 0 radical (unpaired) electrons. The van der Waals surface area contributed by atoms with E-state index in [0.29, 0.717) is 12.2 Å². The molecule has 6 heteroatoms. The Balaban J connectivity index is 1.51. The van der Waals surface area contributed by atoms with Crippen molar-refractivity contribution in [1.29, 1.82) is 0 Å². The number of carbonyl (C=O) groups is 2. The summed E-state index contributed by atoms with van der Waals surface area (Å²) < 4.78 is 7.63. The van der Waals surface area contributed by atoms with Crippen molar-refractivity contribution in [2.45, 2.75) is 102 Å². The lowest BCUT2D eigenvalue weighted by Crippen LogP contribution is -2.67. The minimum atomic E-state index is -0.918. The van der Waals surface area contributed by atoms with E-state index in [4.69, 9.17) is 4.42 Å². The molecule has 1 aliphatic heterocycles. The SMILES string of the molecule is C[C@]1(C(=O)NC2CCCCCC2)Cn2c(ccc2-c2ccco2)C(=O)N1C1CCCCC1. The maximum absolute atomic E-state index is 13.9. The average Bonchev–Trinajstić information content (AvgIpc) is 3.39. The Morgan fingerprint density at radius 2 is 1.62 bits per heavy atom. The molecule has 1 N–H and O–H groups in total. The Hall–Kier alpha value is -2.50. The quantitative estimate of drug-likeness (QED) is 0.674. The first-order chi connectivity index (χ1) is 15.6. The minimum Gasteiger partial charge on any atom is -0.463 e. The summed E-state index contributed by atoms with van der Waals surface area (Å²) in [5.41, 5.74) is 0.593. The van der Waals surface area contributed by atoms with Crippen molar-refractivity contribution < 1.29 is 14.0 Å². The van der Waals surface area contributed by atoms with Gasteiger partial charge in [0.1, 0.15) is 17.0 Å². The van der Waals surface area contributed by atoms with E-state index in [0.717, 1.165) is 62.8 Å².